The van der Waals surface area contributed by atoms with Gasteiger partial charge in [-0.1, -0.05) is 25.1 Å². The molecule has 0 radical (unpaired) electrons. The summed E-state index contributed by atoms with van der Waals surface area (Å²) < 4.78 is 55.2. The van der Waals surface area contributed by atoms with Crippen molar-refractivity contribution < 1.29 is 36.4 Å². The molecule has 0 amide bonds. The van der Waals surface area contributed by atoms with Crippen LogP contribution < -0.4 is 8.92 Å². The maximum absolute atomic E-state index is 13.8. The Balaban J connectivity index is 2.24. The van der Waals surface area contributed by atoms with Crippen molar-refractivity contribution in [2.45, 2.75) is 18.9 Å². The molecule has 0 spiro atoms. The van der Waals surface area contributed by atoms with Crippen LogP contribution in [0.4, 0.5) is 4.39 Å². The van der Waals surface area contributed by atoms with Gasteiger partial charge in [-0.3, -0.25) is 4.79 Å². The molecule has 0 saturated carbocycles. The third-order valence-corrected chi connectivity index (χ3v) is 6.18. The fourth-order valence-corrected chi connectivity index (χ4v) is 4.56. The number of fused-ring (bicyclic) bond motifs is 1. The molecule has 3 rings (SSSR count). The smallest absolute Gasteiger partial charge is 0.341 e. The summed E-state index contributed by atoms with van der Waals surface area (Å²) in [5.74, 6) is -3.76. The molecule has 2 atom stereocenters. The third-order valence-electron chi connectivity index (χ3n) is 4.83. The Morgan fingerprint density at radius 2 is 1.94 bits per heavy atom. The third kappa shape index (κ3) is 4.04. The molecule has 0 aliphatic carbocycles. The van der Waals surface area contributed by atoms with Gasteiger partial charge in [-0.25, -0.2) is 4.39 Å². The second kappa shape index (κ2) is 8.48. The molecule has 2 unspecified atom stereocenters. The van der Waals surface area contributed by atoms with E-state index in [1.54, 1.807) is 25.1 Å². The normalized spacial score (nSPS) is 18.8. The zero-order valence-corrected chi connectivity index (χ0v) is 17.5. The van der Waals surface area contributed by atoms with E-state index in [2.05, 4.69) is 0 Å². The number of carbonyl (C=O) groups excluding carboxylic acids is 1. The molecular weight excluding hydrogens is 429 g/mol. The first kappa shape index (κ1) is 22.4. The van der Waals surface area contributed by atoms with Gasteiger partial charge in [0.25, 0.3) is 0 Å². The lowest BCUT2D eigenvalue weighted by atomic mass is 9.76. The van der Waals surface area contributed by atoms with E-state index in [9.17, 15) is 22.7 Å². The van der Waals surface area contributed by atoms with Crippen molar-refractivity contribution in [3.8, 4) is 11.5 Å². The van der Waals surface area contributed by atoms with E-state index in [0.29, 0.717) is 6.26 Å². The number of benzene rings is 2. The number of carbonyl (C=O) groups is 1. The van der Waals surface area contributed by atoms with Gasteiger partial charge in [0.1, 0.15) is 29.5 Å². The number of hydrogen-bond donors (Lipinski definition) is 2. The van der Waals surface area contributed by atoms with Crippen molar-refractivity contribution in [1.29, 1.82) is 5.41 Å². The lowest BCUT2D eigenvalue weighted by Crippen LogP contribution is -2.49. The van der Waals surface area contributed by atoms with Crippen molar-refractivity contribution in [3.05, 3.63) is 71.1 Å². The molecule has 10 heteroatoms. The number of hydrogen-bond acceptors (Lipinski definition) is 8. The van der Waals surface area contributed by atoms with Gasteiger partial charge >= 0.3 is 16.1 Å². The van der Waals surface area contributed by atoms with Gasteiger partial charge in [-0.15, -0.1) is 0 Å². The zero-order valence-electron chi connectivity index (χ0n) is 16.7. The summed E-state index contributed by atoms with van der Waals surface area (Å²) in [6.45, 7) is 1.56. The van der Waals surface area contributed by atoms with Crippen LogP contribution in [-0.2, 0) is 25.3 Å². The van der Waals surface area contributed by atoms with Gasteiger partial charge in [0.2, 0.25) is 0 Å². The molecule has 2 N–H and O–H groups in total. The van der Waals surface area contributed by atoms with E-state index in [4.69, 9.17) is 19.1 Å². The van der Waals surface area contributed by atoms with E-state index < -0.39 is 38.3 Å². The second-order valence-corrected chi connectivity index (χ2v) is 8.21. The van der Waals surface area contributed by atoms with Crippen LogP contribution >= 0.6 is 0 Å². The van der Waals surface area contributed by atoms with Gasteiger partial charge in [0.05, 0.1) is 7.11 Å². The second-order valence-electron chi connectivity index (χ2n) is 6.69. The molecule has 0 aromatic heterocycles. The van der Waals surface area contributed by atoms with E-state index in [-0.39, 0.29) is 29.2 Å². The number of esters is 1. The Kier molecular flexibility index (Phi) is 6.14. The van der Waals surface area contributed by atoms with E-state index in [0.717, 1.165) is 25.3 Å². The van der Waals surface area contributed by atoms with Gasteiger partial charge in [0, 0.05) is 17.3 Å². The van der Waals surface area contributed by atoms with Crippen LogP contribution in [-0.4, -0.2) is 32.3 Å². The number of para-hydroxylation sites is 1. The molecule has 0 saturated heterocycles. The summed E-state index contributed by atoms with van der Waals surface area (Å²) in [6.07, 6.45) is 0.686. The minimum Gasteiger partial charge on any atom is -0.468 e. The van der Waals surface area contributed by atoms with E-state index in [1.165, 1.54) is 12.1 Å². The van der Waals surface area contributed by atoms with Gasteiger partial charge < -0.3 is 24.2 Å². The Morgan fingerprint density at radius 3 is 2.55 bits per heavy atom. The maximum atomic E-state index is 13.8. The summed E-state index contributed by atoms with van der Waals surface area (Å²) in [4.78, 5) is 11.8. The van der Waals surface area contributed by atoms with Crippen LogP contribution in [0.2, 0.25) is 0 Å². The first-order valence-electron chi connectivity index (χ1n) is 9.19. The topological polar surface area (TPSA) is 123 Å². The summed E-state index contributed by atoms with van der Waals surface area (Å²) in [5, 5.41) is 20.0. The number of nitrogens with one attached hydrogen (secondary N) is 1. The molecule has 0 fully saturated rings. The Hall–Kier alpha value is -3.24. The molecule has 2 aromatic carbocycles. The number of halogens is 1. The predicted molar refractivity (Wildman–Crippen MR) is 109 cm³/mol. The first-order valence-corrected chi connectivity index (χ1v) is 10.6. The summed E-state index contributed by atoms with van der Waals surface area (Å²) in [5.41, 5.74) is -3.16. The zero-order chi connectivity index (χ0) is 22.8. The first-order chi connectivity index (χ1) is 14.6. The quantitative estimate of drug-likeness (QED) is 0.378. The number of aliphatic hydroxyl groups is 1. The van der Waals surface area contributed by atoms with Crippen LogP contribution in [0.3, 0.4) is 0 Å². The average Bonchev–Trinajstić information content (AvgIpc) is 2.73. The van der Waals surface area contributed by atoms with Crippen molar-refractivity contribution in [3.63, 3.8) is 0 Å². The molecule has 31 heavy (non-hydrogen) atoms. The fourth-order valence-electron chi connectivity index (χ4n) is 3.33. The van der Waals surface area contributed by atoms with Crippen LogP contribution in [0.25, 0.3) is 0 Å². The summed E-state index contributed by atoms with van der Waals surface area (Å²) in [6, 6.07) is 10.5. The van der Waals surface area contributed by atoms with E-state index >= 15 is 0 Å². The monoisotopic (exact) mass is 449 g/mol. The Morgan fingerprint density at radius 1 is 1.26 bits per heavy atom. The highest BCUT2D eigenvalue weighted by Crippen LogP contribution is 2.48. The van der Waals surface area contributed by atoms with Crippen molar-refractivity contribution in [1.82, 2.24) is 0 Å². The summed E-state index contributed by atoms with van der Waals surface area (Å²) >= 11 is 0. The fraction of sp³-hybridized carbons (Fsp3) is 0.238. The SMILES string of the molecule is CCC(=N)C(C(=O)OC)C1(O)C(S(=O)(=O)Oc2ccccc2)=COc2cc(F)ccc21. The molecule has 8 nitrogen and oxygen atoms in total. The number of ether oxygens (including phenoxy) is 2. The maximum Gasteiger partial charge on any atom is 0.341 e. The molecule has 1 aliphatic rings. The van der Waals surface area contributed by atoms with Crippen LogP contribution in [0.1, 0.15) is 18.9 Å². The van der Waals surface area contributed by atoms with Crippen LogP contribution in [0.5, 0.6) is 11.5 Å². The lowest BCUT2D eigenvalue weighted by molar-refractivity contribution is -0.149. The van der Waals surface area contributed by atoms with Crippen molar-refractivity contribution in [2.24, 2.45) is 5.92 Å². The van der Waals surface area contributed by atoms with Crippen LogP contribution in [0.15, 0.2) is 59.7 Å². The Bertz CT molecular complexity index is 1130. The Labute approximate surface area is 178 Å². The predicted octanol–water partition coefficient (Wildman–Crippen LogP) is 2.87. The lowest BCUT2D eigenvalue weighted by Gasteiger charge is -2.38. The van der Waals surface area contributed by atoms with E-state index in [1.807, 2.05) is 0 Å². The minimum absolute atomic E-state index is 0.00628. The number of methoxy groups -OCH3 is 1. The standard InChI is InChI=1S/C21H20FNO7S/c1-3-16(23)19(20(24)28-2)21(25)15-10-9-13(22)11-17(15)29-12-18(21)31(26,27)30-14-7-5-4-6-8-14/h4-12,19,23,25H,3H2,1-2H3. The molecule has 2 aromatic rings. The van der Waals surface area contributed by atoms with Gasteiger partial charge in [0.15, 0.2) is 10.5 Å². The van der Waals surface area contributed by atoms with Crippen LogP contribution in [0, 0.1) is 17.1 Å². The molecule has 164 valence electrons. The highest BCUT2D eigenvalue weighted by atomic mass is 32.2. The van der Waals surface area contributed by atoms with Gasteiger partial charge in [-0.05, 0) is 30.7 Å². The molecule has 1 aliphatic heterocycles. The van der Waals surface area contributed by atoms with Gasteiger partial charge in [-0.2, -0.15) is 8.42 Å². The largest absolute Gasteiger partial charge is 0.468 e. The number of rotatable bonds is 7. The molecular formula is C21H20FNO7S. The highest BCUT2D eigenvalue weighted by Gasteiger charge is 2.56. The van der Waals surface area contributed by atoms with Crippen molar-refractivity contribution >= 4 is 21.8 Å². The minimum atomic E-state index is -4.74. The molecule has 0 bridgehead atoms. The van der Waals surface area contributed by atoms with Crippen molar-refractivity contribution in [2.75, 3.05) is 7.11 Å². The average molecular weight is 449 g/mol. The highest BCUT2D eigenvalue weighted by molar-refractivity contribution is 7.91. The molecule has 1 heterocycles. The summed E-state index contributed by atoms with van der Waals surface area (Å²) in [7, 11) is -3.69.